The van der Waals surface area contributed by atoms with Gasteiger partial charge in [0, 0.05) is 24.1 Å². The Bertz CT molecular complexity index is 376. The van der Waals surface area contributed by atoms with Crippen LogP contribution in [-0.4, -0.2) is 28.6 Å². The van der Waals surface area contributed by atoms with Crippen molar-refractivity contribution in [2.45, 2.75) is 19.1 Å². The van der Waals surface area contributed by atoms with Crippen LogP contribution in [0.1, 0.15) is 17.7 Å². The fraction of sp³-hybridized carbons (Fsp3) is 0.600. The molecule has 1 rings (SSSR count). The number of nitrogen functional groups attached to an aromatic ring is 1. The molecule has 0 aromatic carbocycles. The predicted molar refractivity (Wildman–Crippen MR) is 65.2 cm³/mol. The maximum Gasteiger partial charge on any atom is 0.306 e. The standard InChI is InChI=1S/C10H17N3O2S/c1-7-8(10(11)13(2)12-7)6-16-5-4-9(14)15-3/h4-6,11H2,1-3H3. The number of methoxy groups -OCH3 is 1. The third-order valence-electron chi connectivity index (χ3n) is 2.32. The van der Waals surface area contributed by atoms with Gasteiger partial charge in [-0.2, -0.15) is 16.9 Å². The molecule has 0 saturated carbocycles. The molecule has 5 nitrogen and oxygen atoms in total. The van der Waals surface area contributed by atoms with Gasteiger partial charge >= 0.3 is 5.97 Å². The summed E-state index contributed by atoms with van der Waals surface area (Å²) < 4.78 is 6.23. The maximum absolute atomic E-state index is 10.9. The Morgan fingerprint density at radius 2 is 2.31 bits per heavy atom. The van der Waals surface area contributed by atoms with E-state index >= 15 is 0 Å². The molecule has 0 aliphatic carbocycles. The lowest BCUT2D eigenvalue weighted by Gasteiger charge is -2.02. The highest BCUT2D eigenvalue weighted by atomic mass is 32.2. The minimum absolute atomic E-state index is 0.177. The van der Waals surface area contributed by atoms with E-state index in [0.29, 0.717) is 12.2 Å². The van der Waals surface area contributed by atoms with Crippen molar-refractivity contribution in [1.29, 1.82) is 0 Å². The number of thioether (sulfide) groups is 1. The first-order valence-electron chi connectivity index (χ1n) is 4.98. The van der Waals surface area contributed by atoms with E-state index in [0.717, 1.165) is 22.8 Å². The second-order valence-corrected chi connectivity index (χ2v) is 4.56. The molecule has 0 unspecified atom stereocenters. The molecule has 1 aromatic heterocycles. The van der Waals surface area contributed by atoms with Gasteiger partial charge in [-0.3, -0.25) is 9.48 Å². The van der Waals surface area contributed by atoms with Gasteiger partial charge in [-0.15, -0.1) is 0 Å². The molecule has 0 amide bonds. The number of nitrogens with two attached hydrogens (primary N) is 1. The van der Waals surface area contributed by atoms with Crippen molar-refractivity contribution >= 4 is 23.5 Å². The van der Waals surface area contributed by atoms with Gasteiger partial charge in [0.25, 0.3) is 0 Å². The van der Waals surface area contributed by atoms with Crippen LogP contribution in [0.4, 0.5) is 5.82 Å². The number of nitrogens with zero attached hydrogens (tertiary/aromatic N) is 2. The normalized spacial score (nSPS) is 10.4. The Labute approximate surface area is 99.3 Å². The monoisotopic (exact) mass is 243 g/mol. The van der Waals surface area contributed by atoms with Crippen molar-refractivity contribution in [3.05, 3.63) is 11.3 Å². The Hall–Kier alpha value is -1.17. The van der Waals surface area contributed by atoms with E-state index < -0.39 is 0 Å². The second kappa shape index (κ2) is 5.79. The molecule has 0 saturated heterocycles. The van der Waals surface area contributed by atoms with E-state index in [2.05, 4.69) is 9.84 Å². The first kappa shape index (κ1) is 12.9. The summed E-state index contributed by atoms with van der Waals surface area (Å²) in [5.41, 5.74) is 7.87. The van der Waals surface area contributed by atoms with Crippen molar-refractivity contribution in [2.24, 2.45) is 7.05 Å². The second-order valence-electron chi connectivity index (χ2n) is 3.45. The van der Waals surface area contributed by atoms with E-state index in [1.165, 1.54) is 7.11 Å². The number of aromatic nitrogens is 2. The Balaban J connectivity index is 2.40. The van der Waals surface area contributed by atoms with Crippen molar-refractivity contribution in [2.75, 3.05) is 18.6 Å². The lowest BCUT2D eigenvalue weighted by atomic mass is 10.3. The fourth-order valence-corrected chi connectivity index (χ4v) is 2.35. The van der Waals surface area contributed by atoms with Gasteiger partial charge in [0.05, 0.1) is 19.2 Å². The summed E-state index contributed by atoms with van der Waals surface area (Å²) in [6.07, 6.45) is 0.431. The average molecular weight is 243 g/mol. The number of hydrogen-bond donors (Lipinski definition) is 1. The van der Waals surface area contributed by atoms with Gasteiger partial charge in [-0.05, 0) is 6.92 Å². The zero-order valence-electron chi connectivity index (χ0n) is 9.82. The maximum atomic E-state index is 10.9. The third-order valence-corrected chi connectivity index (χ3v) is 3.30. The van der Waals surface area contributed by atoms with E-state index in [9.17, 15) is 4.79 Å². The van der Waals surface area contributed by atoms with Crippen LogP contribution in [0.25, 0.3) is 0 Å². The Kier molecular flexibility index (Phi) is 4.67. The Morgan fingerprint density at radius 3 is 2.81 bits per heavy atom. The third kappa shape index (κ3) is 3.16. The molecule has 1 heterocycles. The van der Waals surface area contributed by atoms with E-state index in [1.54, 1.807) is 16.4 Å². The molecule has 0 radical (unpaired) electrons. The molecule has 0 spiro atoms. The minimum atomic E-state index is -0.177. The van der Waals surface area contributed by atoms with Crippen molar-refractivity contribution in [3.63, 3.8) is 0 Å². The number of carbonyl (C=O) groups is 1. The van der Waals surface area contributed by atoms with Crippen LogP contribution in [-0.2, 0) is 22.3 Å². The van der Waals surface area contributed by atoms with Crippen molar-refractivity contribution in [3.8, 4) is 0 Å². The lowest BCUT2D eigenvalue weighted by Crippen LogP contribution is -2.02. The molecule has 0 bridgehead atoms. The van der Waals surface area contributed by atoms with Crippen LogP contribution in [0.3, 0.4) is 0 Å². The molecule has 0 atom stereocenters. The molecule has 16 heavy (non-hydrogen) atoms. The number of esters is 1. The van der Waals surface area contributed by atoms with Crippen molar-refractivity contribution < 1.29 is 9.53 Å². The quantitative estimate of drug-likeness (QED) is 0.619. The number of aryl methyl sites for hydroxylation is 2. The van der Waals surface area contributed by atoms with Gasteiger partial charge in [0.1, 0.15) is 5.82 Å². The number of ether oxygens (including phenoxy) is 1. The summed E-state index contributed by atoms with van der Waals surface area (Å²) >= 11 is 1.66. The molecule has 0 aliphatic heterocycles. The Morgan fingerprint density at radius 1 is 1.62 bits per heavy atom. The number of carbonyl (C=O) groups excluding carboxylic acids is 1. The number of hydrogen-bond acceptors (Lipinski definition) is 5. The van der Waals surface area contributed by atoms with Crippen LogP contribution < -0.4 is 5.73 Å². The SMILES string of the molecule is COC(=O)CCSCc1c(C)nn(C)c1N. The highest BCUT2D eigenvalue weighted by Gasteiger charge is 2.10. The smallest absolute Gasteiger partial charge is 0.306 e. The first-order chi connectivity index (χ1) is 7.56. The summed E-state index contributed by atoms with van der Waals surface area (Å²) in [4.78, 5) is 10.9. The van der Waals surface area contributed by atoms with E-state index in [1.807, 2.05) is 14.0 Å². The highest BCUT2D eigenvalue weighted by molar-refractivity contribution is 7.98. The van der Waals surface area contributed by atoms with Gasteiger partial charge in [-0.25, -0.2) is 0 Å². The van der Waals surface area contributed by atoms with Crippen LogP contribution in [0, 0.1) is 6.92 Å². The van der Waals surface area contributed by atoms with E-state index in [-0.39, 0.29) is 5.97 Å². The fourth-order valence-electron chi connectivity index (χ4n) is 1.33. The largest absolute Gasteiger partial charge is 0.469 e. The molecular formula is C10H17N3O2S. The average Bonchev–Trinajstić information content (AvgIpc) is 2.49. The van der Waals surface area contributed by atoms with Gasteiger partial charge in [0.2, 0.25) is 0 Å². The molecule has 6 heteroatoms. The summed E-state index contributed by atoms with van der Waals surface area (Å²) in [5, 5.41) is 4.23. The molecule has 0 aliphatic rings. The summed E-state index contributed by atoms with van der Waals surface area (Å²) in [5.74, 6) is 2.04. The molecule has 0 fully saturated rings. The zero-order chi connectivity index (χ0) is 12.1. The molecule has 2 N–H and O–H groups in total. The molecular weight excluding hydrogens is 226 g/mol. The van der Waals surface area contributed by atoms with Crippen LogP contribution in [0.2, 0.25) is 0 Å². The summed E-state index contributed by atoms with van der Waals surface area (Å²) in [6.45, 7) is 1.94. The van der Waals surface area contributed by atoms with E-state index in [4.69, 9.17) is 5.73 Å². The zero-order valence-corrected chi connectivity index (χ0v) is 10.6. The summed E-state index contributed by atoms with van der Waals surface area (Å²) in [6, 6.07) is 0. The van der Waals surface area contributed by atoms with Crippen LogP contribution in [0.5, 0.6) is 0 Å². The minimum Gasteiger partial charge on any atom is -0.469 e. The molecule has 1 aromatic rings. The van der Waals surface area contributed by atoms with Crippen LogP contribution in [0.15, 0.2) is 0 Å². The number of rotatable bonds is 5. The lowest BCUT2D eigenvalue weighted by molar-refractivity contribution is -0.140. The molecule has 90 valence electrons. The number of anilines is 1. The topological polar surface area (TPSA) is 70.1 Å². The first-order valence-corrected chi connectivity index (χ1v) is 6.14. The van der Waals surface area contributed by atoms with Gasteiger partial charge < -0.3 is 10.5 Å². The van der Waals surface area contributed by atoms with Crippen LogP contribution >= 0.6 is 11.8 Å². The highest BCUT2D eigenvalue weighted by Crippen LogP contribution is 2.21. The van der Waals surface area contributed by atoms with Gasteiger partial charge in [0.15, 0.2) is 0 Å². The van der Waals surface area contributed by atoms with Gasteiger partial charge in [-0.1, -0.05) is 0 Å². The van der Waals surface area contributed by atoms with Crippen molar-refractivity contribution in [1.82, 2.24) is 9.78 Å². The summed E-state index contributed by atoms with van der Waals surface area (Å²) in [7, 11) is 3.22. The predicted octanol–water partition coefficient (Wildman–Crippen LogP) is 1.11.